The molecule has 0 saturated heterocycles. The minimum atomic E-state index is -0.671. The molecule has 19 heavy (non-hydrogen) atoms. The zero-order valence-corrected chi connectivity index (χ0v) is 11.1. The monoisotopic (exact) mass is 258 g/mol. The van der Waals surface area contributed by atoms with Crippen LogP contribution >= 0.6 is 0 Å². The highest BCUT2D eigenvalue weighted by molar-refractivity contribution is 5.78. The fourth-order valence-electron chi connectivity index (χ4n) is 2.96. The summed E-state index contributed by atoms with van der Waals surface area (Å²) in [5.41, 5.74) is 0.367. The normalized spacial score (nSPS) is 27.5. The topological polar surface area (TPSA) is 50.4 Å². The molecule has 0 spiro atoms. The first-order valence-corrected chi connectivity index (χ1v) is 6.80. The van der Waals surface area contributed by atoms with Crippen molar-refractivity contribution in [1.29, 1.82) is 0 Å². The molecule has 3 heteroatoms. The maximum Gasteiger partial charge on any atom is 0.309 e. The van der Waals surface area contributed by atoms with Crippen molar-refractivity contribution in [2.45, 2.75) is 38.5 Å². The van der Waals surface area contributed by atoms with Crippen molar-refractivity contribution in [3.05, 3.63) is 36.1 Å². The molecule has 0 aliphatic heterocycles. The first-order valence-electron chi connectivity index (χ1n) is 6.80. The van der Waals surface area contributed by atoms with E-state index in [2.05, 4.69) is 6.07 Å². The molecular formula is C16H18O3. The molecule has 1 aliphatic rings. The lowest BCUT2D eigenvalue weighted by atomic mass is 9.71. The molecule has 2 aromatic rings. The summed E-state index contributed by atoms with van der Waals surface area (Å²) >= 11 is 0. The quantitative estimate of drug-likeness (QED) is 0.879. The Labute approximate surface area is 112 Å². The predicted molar refractivity (Wildman–Crippen MR) is 73.2 cm³/mol. The van der Waals surface area contributed by atoms with Crippen LogP contribution in [0.15, 0.2) is 34.7 Å². The van der Waals surface area contributed by atoms with E-state index in [1.165, 1.54) is 0 Å². The molecule has 1 N–H and O–H groups in total. The third kappa shape index (κ3) is 2.14. The molecule has 0 atom stereocenters. The zero-order chi connectivity index (χ0) is 13.5. The SMILES string of the molecule is CC1(C(=O)O)CCC(c2cc3ccccc3o2)CC1. The van der Waals surface area contributed by atoms with Crippen molar-refractivity contribution in [2.75, 3.05) is 0 Å². The van der Waals surface area contributed by atoms with Crippen LogP contribution in [-0.2, 0) is 4.79 Å². The van der Waals surface area contributed by atoms with Gasteiger partial charge in [0.1, 0.15) is 11.3 Å². The van der Waals surface area contributed by atoms with Gasteiger partial charge in [-0.3, -0.25) is 4.79 Å². The van der Waals surface area contributed by atoms with E-state index in [0.29, 0.717) is 5.92 Å². The summed E-state index contributed by atoms with van der Waals surface area (Å²) in [6.45, 7) is 1.85. The lowest BCUT2D eigenvalue weighted by molar-refractivity contribution is -0.150. The molecule has 1 aromatic carbocycles. The lowest BCUT2D eigenvalue weighted by Gasteiger charge is -2.32. The molecular weight excluding hydrogens is 240 g/mol. The van der Waals surface area contributed by atoms with Gasteiger partial charge in [0.05, 0.1) is 5.41 Å². The number of furan rings is 1. The molecule has 1 aromatic heterocycles. The standard InChI is InChI=1S/C16H18O3/c1-16(15(17)18)8-6-11(7-9-16)14-10-12-4-2-3-5-13(12)19-14/h2-5,10-11H,6-9H2,1H3,(H,17,18). The van der Waals surface area contributed by atoms with Crippen LogP contribution in [0.2, 0.25) is 0 Å². The Morgan fingerprint density at radius 1 is 1.32 bits per heavy atom. The van der Waals surface area contributed by atoms with Gasteiger partial charge in [-0.05, 0) is 44.7 Å². The molecule has 3 rings (SSSR count). The second-order valence-electron chi connectivity index (χ2n) is 5.83. The van der Waals surface area contributed by atoms with Gasteiger partial charge in [0, 0.05) is 11.3 Å². The van der Waals surface area contributed by atoms with Crippen molar-refractivity contribution >= 4 is 16.9 Å². The van der Waals surface area contributed by atoms with Gasteiger partial charge in [-0.15, -0.1) is 0 Å². The Balaban J connectivity index is 1.80. The highest BCUT2D eigenvalue weighted by Gasteiger charge is 2.38. The van der Waals surface area contributed by atoms with Crippen LogP contribution in [0.1, 0.15) is 44.3 Å². The van der Waals surface area contributed by atoms with Crippen LogP contribution in [0, 0.1) is 5.41 Å². The summed E-state index contributed by atoms with van der Waals surface area (Å²) < 4.78 is 5.89. The molecule has 100 valence electrons. The minimum Gasteiger partial charge on any atom is -0.481 e. The van der Waals surface area contributed by atoms with Gasteiger partial charge < -0.3 is 9.52 Å². The van der Waals surface area contributed by atoms with E-state index in [1.807, 2.05) is 31.2 Å². The number of para-hydroxylation sites is 1. The van der Waals surface area contributed by atoms with Gasteiger partial charge in [0.2, 0.25) is 0 Å². The van der Waals surface area contributed by atoms with Crippen molar-refractivity contribution in [3.8, 4) is 0 Å². The number of hydrogen-bond acceptors (Lipinski definition) is 2. The average molecular weight is 258 g/mol. The summed E-state index contributed by atoms with van der Waals surface area (Å²) in [5.74, 6) is 0.698. The van der Waals surface area contributed by atoms with Crippen LogP contribution in [-0.4, -0.2) is 11.1 Å². The van der Waals surface area contributed by atoms with Crippen molar-refractivity contribution in [1.82, 2.24) is 0 Å². The first kappa shape index (κ1) is 12.3. The summed E-state index contributed by atoms with van der Waals surface area (Å²) in [7, 11) is 0. The van der Waals surface area contributed by atoms with E-state index >= 15 is 0 Å². The summed E-state index contributed by atoms with van der Waals surface area (Å²) in [4.78, 5) is 11.2. The molecule has 1 saturated carbocycles. The molecule has 1 heterocycles. The Bertz CT molecular complexity index is 570. The molecule has 0 amide bonds. The molecule has 0 unspecified atom stereocenters. The molecule has 1 aliphatic carbocycles. The number of carbonyl (C=O) groups is 1. The van der Waals surface area contributed by atoms with Gasteiger partial charge in [-0.2, -0.15) is 0 Å². The maximum atomic E-state index is 11.2. The largest absolute Gasteiger partial charge is 0.481 e. The van der Waals surface area contributed by atoms with Crippen LogP contribution in [0.3, 0.4) is 0 Å². The smallest absolute Gasteiger partial charge is 0.309 e. The minimum absolute atomic E-state index is 0.361. The van der Waals surface area contributed by atoms with Crippen molar-refractivity contribution < 1.29 is 14.3 Å². The summed E-state index contributed by atoms with van der Waals surface area (Å²) in [5, 5.41) is 10.4. The van der Waals surface area contributed by atoms with Gasteiger partial charge in [0.25, 0.3) is 0 Å². The Morgan fingerprint density at radius 3 is 2.63 bits per heavy atom. The number of benzene rings is 1. The second-order valence-corrected chi connectivity index (χ2v) is 5.83. The highest BCUT2D eigenvalue weighted by Crippen LogP contribution is 2.43. The van der Waals surface area contributed by atoms with Crippen LogP contribution in [0.25, 0.3) is 11.0 Å². The molecule has 3 nitrogen and oxygen atoms in total. The van der Waals surface area contributed by atoms with Crippen LogP contribution < -0.4 is 0 Å². The number of aliphatic carboxylic acids is 1. The molecule has 1 fully saturated rings. The Morgan fingerprint density at radius 2 is 2.00 bits per heavy atom. The van der Waals surface area contributed by atoms with Gasteiger partial charge in [-0.25, -0.2) is 0 Å². The number of carboxylic acid groups (broad SMARTS) is 1. The maximum absolute atomic E-state index is 11.2. The number of fused-ring (bicyclic) bond motifs is 1. The second kappa shape index (κ2) is 4.41. The van der Waals surface area contributed by atoms with E-state index < -0.39 is 11.4 Å². The van der Waals surface area contributed by atoms with Crippen LogP contribution in [0.5, 0.6) is 0 Å². The number of hydrogen-bond donors (Lipinski definition) is 1. The fraction of sp³-hybridized carbons (Fsp3) is 0.438. The van der Waals surface area contributed by atoms with E-state index in [0.717, 1.165) is 42.4 Å². The Hall–Kier alpha value is -1.77. The molecule has 0 bridgehead atoms. The van der Waals surface area contributed by atoms with Gasteiger partial charge in [0.15, 0.2) is 0 Å². The number of carboxylic acids is 1. The van der Waals surface area contributed by atoms with E-state index in [1.54, 1.807) is 0 Å². The zero-order valence-electron chi connectivity index (χ0n) is 11.1. The van der Waals surface area contributed by atoms with Crippen molar-refractivity contribution in [2.24, 2.45) is 5.41 Å². The Kier molecular flexibility index (Phi) is 2.85. The summed E-state index contributed by atoms with van der Waals surface area (Å²) in [6, 6.07) is 10.1. The van der Waals surface area contributed by atoms with Gasteiger partial charge in [-0.1, -0.05) is 18.2 Å². The highest BCUT2D eigenvalue weighted by atomic mass is 16.4. The number of rotatable bonds is 2. The fourth-order valence-corrected chi connectivity index (χ4v) is 2.96. The average Bonchev–Trinajstić information content (AvgIpc) is 2.83. The van der Waals surface area contributed by atoms with E-state index in [9.17, 15) is 9.90 Å². The lowest BCUT2D eigenvalue weighted by Crippen LogP contribution is -2.31. The first-order chi connectivity index (χ1) is 9.08. The predicted octanol–water partition coefficient (Wildman–Crippen LogP) is 4.18. The molecule has 0 radical (unpaired) electrons. The van der Waals surface area contributed by atoms with E-state index in [-0.39, 0.29) is 0 Å². The van der Waals surface area contributed by atoms with Gasteiger partial charge >= 0.3 is 5.97 Å². The van der Waals surface area contributed by atoms with E-state index in [4.69, 9.17) is 4.42 Å². The third-order valence-electron chi connectivity index (χ3n) is 4.45. The van der Waals surface area contributed by atoms with Crippen molar-refractivity contribution in [3.63, 3.8) is 0 Å². The summed E-state index contributed by atoms with van der Waals surface area (Å²) in [6.07, 6.45) is 3.24. The third-order valence-corrected chi connectivity index (χ3v) is 4.45. The van der Waals surface area contributed by atoms with Crippen LogP contribution in [0.4, 0.5) is 0 Å².